The summed E-state index contributed by atoms with van der Waals surface area (Å²) < 4.78 is 0. The lowest BCUT2D eigenvalue weighted by molar-refractivity contribution is -0.131. The highest BCUT2D eigenvalue weighted by Gasteiger charge is 2.37. The van der Waals surface area contributed by atoms with Gasteiger partial charge in [0.15, 0.2) is 0 Å². The summed E-state index contributed by atoms with van der Waals surface area (Å²) in [5, 5.41) is 0. The van der Waals surface area contributed by atoms with E-state index < -0.39 is 0 Å². The van der Waals surface area contributed by atoms with Crippen LogP contribution in [0.25, 0.3) is 0 Å². The van der Waals surface area contributed by atoms with E-state index in [4.69, 9.17) is 5.73 Å². The number of carbonyl (C=O) groups is 1. The number of amides is 1. The Labute approximate surface area is 122 Å². The third-order valence-electron chi connectivity index (χ3n) is 4.91. The third-order valence-corrected chi connectivity index (χ3v) is 4.91. The zero-order valence-corrected chi connectivity index (χ0v) is 12.6. The van der Waals surface area contributed by atoms with Crippen molar-refractivity contribution < 1.29 is 4.79 Å². The van der Waals surface area contributed by atoms with Gasteiger partial charge < -0.3 is 10.6 Å². The second-order valence-electron chi connectivity index (χ2n) is 5.99. The number of carbonyl (C=O) groups excluding carboxylic acids is 1. The molecule has 3 nitrogen and oxygen atoms in total. The van der Waals surface area contributed by atoms with E-state index in [2.05, 4.69) is 13.8 Å². The maximum atomic E-state index is 12.4. The van der Waals surface area contributed by atoms with Crippen LogP contribution in [-0.2, 0) is 4.79 Å². The molecule has 1 amide bonds. The van der Waals surface area contributed by atoms with E-state index >= 15 is 0 Å². The van der Waals surface area contributed by atoms with E-state index in [1.807, 2.05) is 35.2 Å². The first-order chi connectivity index (χ1) is 9.60. The topological polar surface area (TPSA) is 46.3 Å². The van der Waals surface area contributed by atoms with E-state index in [0.717, 1.165) is 37.9 Å². The Morgan fingerprint density at radius 1 is 1.30 bits per heavy atom. The fourth-order valence-electron chi connectivity index (χ4n) is 3.11. The zero-order chi connectivity index (χ0) is 14.6. The standard InChI is InChI=1S/C17H26N2O/c1-3-17(4-2)10-11-19(13-17)16(20)12-15(18)14-8-6-5-7-9-14/h5-9,15H,3-4,10-13,18H2,1-2H3. The highest BCUT2D eigenvalue weighted by atomic mass is 16.2. The lowest BCUT2D eigenvalue weighted by atomic mass is 9.82. The van der Waals surface area contributed by atoms with Crippen LogP contribution >= 0.6 is 0 Å². The highest BCUT2D eigenvalue weighted by Crippen LogP contribution is 2.37. The summed E-state index contributed by atoms with van der Waals surface area (Å²) in [5.41, 5.74) is 7.53. The normalized spacial score (nSPS) is 19.1. The van der Waals surface area contributed by atoms with Crippen molar-refractivity contribution in [3.05, 3.63) is 35.9 Å². The van der Waals surface area contributed by atoms with Gasteiger partial charge in [-0.15, -0.1) is 0 Å². The molecule has 1 aromatic carbocycles. The van der Waals surface area contributed by atoms with Gasteiger partial charge in [-0.05, 0) is 30.2 Å². The monoisotopic (exact) mass is 274 g/mol. The molecule has 2 N–H and O–H groups in total. The molecule has 20 heavy (non-hydrogen) atoms. The van der Waals surface area contributed by atoms with Crippen LogP contribution in [-0.4, -0.2) is 23.9 Å². The largest absolute Gasteiger partial charge is 0.342 e. The van der Waals surface area contributed by atoms with Crippen molar-refractivity contribution in [2.24, 2.45) is 11.1 Å². The van der Waals surface area contributed by atoms with Gasteiger partial charge in [-0.25, -0.2) is 0 Å². The summed E-state index contributed by atoms with van der Waals surface area (Å²) >= 11 is 0. The zero-order valence-electron chi connectivity index (χ0n) is 12.6. The van der Waals surface area contributed by atoms with Gasteiger partial charge in [0.2, 0.25) is 5.91 Å². The summed E-state index contributed by atoms with van der Waals surface area (Å²) in [6.07, 6.45) is 3.84. The molecule has 1 saturated heterocycles. The van der Waals surface area contributed by atoms with Gasteiger partial charge in [-0.1, -0.05) is 44.2 Å². The first-order valence-electron chi connectivity index (χ1n) is 7.68. The molecule has 0 aliphatic carbocycles. The van der Waals surface area contributed by atoms with Crippen molar-refractivity contribution >= 4 is 5.91 Å². The quantitative estimate of drug-likeness (QED) is 0.896. The minimum absolute atomic E-state index is 0.193. The molecule has 1 fully saturated rings. The van der Waals surface area contributed by atoms with Gasteiger partial charge >= 0.3 is 0 Å². The summed E-state index contributed by atoms with van der Waals surface area (Å²) in [6, 6.07) is 9.69. The van der Waals surface area contributed by atoms with Crippen LogP contribution in [0.3, 0.4) is 0 Å². The number of hydrogen-bond donors (Lipinski definition) is 1. The van der Waals surface area contributed by atoms with Crippen molar-refractivity contribution in [2.75, 3.05) is 13.1 Å². The molecular formula is C17H26N2O. The van der Waals surface area contributed by atoms with Crippen LogP contribution in [0, 0.1) is 5.41 Å². The fourth-order valence-corrected chi connectivity index (χ4v) is 3.11. The Morgan fingerprint density at radius 2 is 1.95 bits per heavy atom. The summed E-state index contributed by atoms with van der Waals surface area (Å²) in [4.78, 5) is 14.4. The number of hydrogen-bond acceptors (Lipinski definition) is 2. The molecule has 1 aliphatic heterocycles. The predicted octanol–water partition coefficient (Wildman–Crippen LogP) is 3.12. The second-order valence-corrected chi connectivity index (χ2v) is 5.99. The first-order valence-corrected chi connectivity index (χ1v) is 7.68. The van der Waals surface area contributed by atoms with Crippen LogP contribution < -0.4 is 5.73 Å². The van der Waals surface area contributed by atoms with Gasteiger partial charge in [0.05, 0.1) is 0 Å². The molecule has 3 heteroatoms. The van der Waals surface area contributed by atoms with Gasteiger partial charge in [0.25, 0.3) is 0 Å². The number of benzene rings is 1. The maximum Gasteiger partial charge on any atom is 0.224 e. The molecule has 0 spiro atoms. The lowest BCUT2D eigenvalue weighted by Gasteiger charge is -2.26. The lowest BCUT2D eigenvalue weighted by Crippen LogP contribution is -2.33. The number of nitrogens with zero attached hydrogens (tertiary/aromatic N) is 1. The van der Waals surface area contributed by atoms with Crippen LogP contribution in [0.4, 0.5) is 0 Å². The van der Waals surface area contributed by atoms with E-state index in [0.29, 0.717) is 11.8 Å². The Morgan fingerprint density at radius 3 is 2.50 bits per heavy atom. The molecular weight excluding hydrogens is 248 g/mol. The Bertz CT molecular complexity index is 440. The molecule has 1 aromatic rings. The molecule has 1 unspecified atom stereocenters. The summed E-state index contributed by atoms with van der Waals surface area (Å²) in [5.74, 6) is 0.199. The van der Waals surface area contributed by atoms with Crippen LogP contribution in [0.15, 0.2) is 30.3 Å². The highest BCUT2D eigenvalue weighted by molar-refractivity contribution is 5.77. The first kappa shape index (κ1) is 15.0. The van der Waals surface area contributed by atoms with E-state index in [9.17, 15) is 4.79 Å². The molecule has 0 saturated carbocycles. The minimum atomic E-state index is -0.193. The molecule has 0 aromatic heterocycles. The SMILES string of the molecule is CCC1(CC)CCN(C(=O)CC(N)c2ccccc2)C1. The Balaban J connectivity index is 1.93. The molecule has 1 aliphatic rings. The van der Waals surface area contributed by atoms with Gasteiger partial charge in [0, 0.05) is 25.6 Å². The minimum Gasteiger partial charge on any atom is -0.342 e. The van der Waals surface area contributed by atoms with Crippen LogP contribution in [0.5, 0.6) is 0 Å². The van der Waals surface area contributed by atoms with Crippen molar-refractivity contribution in [1.29, 1.82) is 0 Å². The van der Waals surface area contributed by atoms with E-state index in [-0.39, 0.29) is 11.9 Å². The molecule has 1 heterocycles. The number of likely N-dealkylation sites (tertiary alicyclic amines) is 1. The maximum absolute atomic E-state index is 12.4. The Kier molecular flexibility index (Phi) is 4.81. The number of nitrogens with two attached hydrogens (primary N) is 1. The molecule has 2 rings (SSSR count). The molecule has 0 bridgehead atoms. The predicted molar refractivity (Wildman–Crippen MR) is 82.2 cm³/mol. The molecule has 0 radical (unpaired) electrons. The van der Waals surface area contributed by atoms with Gasteiger partial charge in [-0.3, -0.25) is 4.79 Å². The fraction of sp³-hybridized carbons (Fsp3) is 0.588. The van der Waals surface area contributed by atoms with Crippen molar-refractivity contribution in [1.82, 2.24) is 4.90 Å². The summed E-state index contributed by atoms with van der Waals surface area (Å²) in [7, 11) is 0. The average Bonchev–Trinajstić information content (AvgIpc) is 2.93. The van der Waals surface area contributed by atoms with Crippen LogP contribution in [0.1, 0.15) is 51.1 Å². The van der Waals surface area contributed by atoms with Gasteiger partial charge in [0.1, 0.15) is 0 Å². The van der Waals surface area contributed by atoms with Crippen molar-refractivity contribution in [2.45, 2.75) is 45.6 Å². The van der Waals surface area contributed by atoms with Crippen LogP contribution in [0.2, 0.25) is 0 Å². The molecule has 110 valence electrons. The second kappa shape index (κ2) is 6.40. The van der Waals surface area contributed by atoms with E-state index in [1.54, 1.807) is 0 Å². The average molecular weight is 274 g/mol. The smallest absolute Gasteiger partial charge is 0.224 e. The molecule has 1 atom stereocenters. The third kappa shape index (κ3) is 3.21. The van der Waals surface area contributed by atoms with Crippen molar-refractivity contribution in [3.8, 4) is 0 Å². The Hall–Kier alpha value is -1.35. The van der Waals surface area contributed by atoms with Crippen molar-refractivity contribution in [3.63, 3.8) is 0 Å². The summed E-state index contributed by atoms with van der Waals surface area (Å²) in [6.45, 7) is 6.25. The number of rotatable bonds is 5. The van der Waals surface area contributed by atoms with Gasteiger partial charge in [-0.2, -0.15) is 0 Å². The van der Waals surface area contributed by atoms with E-state index in [1.165, 1.54) is 0 Å².